The number of nitrogens with zero attached hydrogens (tertiary/aromatic N) is 2. The Labute approximate surface area is 149 Å². The number of aromatic amines is 1. The van der Waals surface area contributed by atoms with Gasteiger partial charge in [0.15, 0.2) is 4.77 Å². The highest BCUT2D eigenvalue weighted by molar-refractivity contribution is 7.71. The monoisotopic (exact) mass is 356 g/mol. The van der Waals surface area contributed by atoms with Crippen molar-refractivity contribution in [1.82, 2.24) is 20.1 Å². The van der Waals surface area contributed by atoms with Crippen molar-refractivity contribution >= 4 is 18.1 Å². The van der Waals surface area contributed by atoms with E-state index in [9.17, 15) is 9.18 Å². The zero-order valence-electron chi connectivity index (χ0n) is 13.4. The lowest BCUT2D eigenvalue weighted by molar-refractivity contribution is -0.120. The van der Waals surface area contributed by atoms with Crippen LogP contribution in [-0.4, -0.2) is 20.7 Å². The molecule has 25 heavy (non-hydrogen) atoms. The minimum atomic E-state index is -0.300. The van der Waals surface area contributed by atoms with Gasteiger partial charge in [0.1, 0.15) is 11.6 Å². The van der Waals surface area contributed by atoms with E-state index in [-0.39, 0.29) is 18.1 Å². The van der Waals surface area contributed by atoms with Gasteiger partial charge in [-0.15, -0.1) is 0 Å². The van der Waals surface area contributed by atoms with Gasteiger partial charge >= 0.3 is 0 Å². The largest absolute Gasteiger partial charge is 0.352 e. The van der Waals surface area contributed by atoms with Crippen LogP contribution in [0.4, 0.5) is 4.39 Å². The highest BCUT2D eigenvalue weighted by Gasteiger charge is 2.11. The lowest BCUT2D eigenvalue weighted by atomic mass is 10.2. The van der Waals surface area contributed by atoms with Gasteiger partial charge in [0, 0.05) is 6.54 Å². The van der Waals surface area contributed by atoms with Crippen molar-refractivity contribution in [2.24, 2.45) is 0 Å². The molecule has 2 N–H and O–H groups in total. The quantitative estimate of drug-likeness (QED) is 0.668. The second kappa shape index (κ2) is 7.85. The molecular formula is C18H17FN4OS. The molecule has 3 aromatic rings. The van der Waals surface area contributed by atoms with Gasteiger partial charge in [0.2, 0.25) is 5.91 Å². The zero-order chi connectivity index (χ0) is 17.6. The third-order valence-corrected chi connectivity index (χ3v) is 4.05. The number of amides is 1. The Hall–Kier alpha value is -2.80. The molecular weight excluding hydrogens is 339 g/mol. The van der Waals surface area contributed by atoms with E-state index in [0.717, 1.165) is 11.1 Å². The zero-order valence-corrected chi connectivity index (χ0v) is 14.2. The van der Waals surface area contributed by atoms with E-state index >= 15 is 0 Å². The Bertz CT molecular complexity index is 903. The number of hydrogen-bond donors (Lipinski definition) is 2. The maximum absolute atomic E-state index is 12.9. The summed E-state index contributed by atoms with van der Waals surface area (Å²) >= 11 is 5.26. The fourth-order valence-corrected chi connectivity index (χ4v) is 2.64. The second-order valence-electron chi connectivity index (χ2n) is 5.60. The van der Waals surface area contributed by atoms with Crippen molar-refractivity contribution in [2.75, 3.05) is 0 Å². The molecule has 0 saturated heterocycles. The van der Waals surface area contributed by atoms with Gasteiger partial charge in [0.25, 0.3) is 0 Å². The van der Waals surface area contributed by atoms with Crippen molar-refractivity contribution in [3.63, 3.8) is 0 Å². The SMILES string of the molecule is O=C(Cc1n[nH]c(=S)n1Cc1ccccc1)NCc1ccc(F)cc1. The highest BCUT2D eigenvalue weighted by Crippen LogP contribution is 2.07. The average molecular weight is 356 g/mol. The number of aromatic nitrogens is 3. The molecule has 0 aliphatic heterocycles. The number of H-pyrrole nitrogens is 1. The molecule has 1 aromatic heterocycles. The Kier molecular flexibility index (Phi) is 5.35. The van der Waals surface area contributed by atoms with Crippen LogP contribution >= 0.6 is 12.2 Å². The summed E-state index contributed by atoms with van der Waals surface area (Å²) < 4.78 is 15.2. The molecule has 0 atom stereocenters. The van der Waals surface area contributed by atoms with E-state index in [1.165, 1.54) is 12.1 Å². The molecule has 128 valence electrons. The Morgan fingerprint density at radius 3 is 2.56 bits per heavy atom. The van der Waals surface area contributed by atoms with E-state index in [1.807, 2.05) is 34.9 Å². The fourth-order valence-electron chi connectivity index (χ4n) is 2.42. The minimum absolute atomic E-state index is 0.112. The molecule has 1 heterocycles. The normalized spacial score (nSPS) is 10.6. The highest BCUT2D eigenvalue weighted by atomic mass is 32.1. The van der Waals surface area contributed by atoms with Gasteiger partial charge in [-0.05, 0) is 35.5 Å². The first-order valence-electron chi connectivity index (χ1n) is 7.81. The van der Waals surface area contributed by atoms with Crippen molar-refractivity contribution in [3.05, 3.63) is 82.1 Å². The summed E-state index contributed by atoms with van der Waals surface area (Å²) in [5.41, 5.74) is 1.91. The van der Waals surface area contributed by atoms with Crippen molar-refractivity contribution in [3.8, 4) is 0 Å². The van der Waals surface area contributed by atoms with Crippen LogP contribution in [0, 0.1) is 10.6 Å². The maximum atomic E-state index is 12.9. The molecule has 0 unspecified atom stereocenters. The topological polar surface area (TPSA) is 62.7 Å². The van der Waals surface area contributed by atoms with Crippen LogP contribution in [0.1, 0.15) is 17.0 Å². The lowest BCUT2D eigenvalue weighted by Gasteiger charge is -2.08. The Morgan fingerprint density at radius 1 is 1.12 bits per heavy atom. The number of benzene rings is 2. The number of hydrogen-bond acceptors (Lipinski definition) is 3. The molecule has 0 spiro atoms. The second-order valence-corrected chi connectivity index (χ2v) is 5.98. The molecule has 0 radical (unpaired) electrons. The van der Waals surface area contributed by atoms with E-state index in [1.54, 1.807) is 12.1 Å². The molecule has 0 fully saturated rings. The van der Waals surface area contributed by atoms with Crippen molar-refractivity contribution in [2.45, 2.75) is 19.5 Å². The summed E-state index contributed by atoms with van der Waals surface area (Å²) in [4.78, 5) is 12.2. The van der Waals surface area contributed by atoms with Crippen LogP contribution in [0.3, 0.4) is 0 Å². The van der Waals surface area contributed by atoms with E-state index in [0.29, 0.717) is 23.7 Å². The number of rotatable bonds is 6. The molecule has 2 aromatic carbocycles. The molecule has 5 nitrogen and oxygen atoms in total. The summed E-state index contributed by atoms with van der Waals surface area (Å²) in [5.74, 6) is 0.102. The third-order valence-electron chi connectivity index (χ3n) is 3.74. The first-order chi connectivity index (χ1) is 12.1. The Balaban J connectivity index is 1.63. The molecule has 0 saturated carbocycles. The standard InChI is InChI=1S/C18H17FN4OS/c19-15-8-6-13(7-9-15)11-20-17(24)10-16-21-22-18(25)23(16)12-14-4-2-1-3-5-14/h1-9H,10-12H2,(H,20,24)(H,22,25). The molecule has 1 amide bonds. The van der Waals surface area contributed by atoms with Crippen LogP contribution in [0.5, 0.6) is 0 Å². The van der Waals surface area contributed by atoms with Crippen LogP contribution in [0.25, 0.3) is 0 Å². The maximum Gasteiger partial charge on any atom is 0.227 e. The summed E-state index contributed by atoms with van der Waals surface area (Å²) in [6.07, 6.45) is 0.112. The summed E-state index contributed by atoms with van der Waals surface area (Å²) in [7, 11) is 0. The minimum Gasteiger partial charge on any atom is -0.352 e. The van der Waals surface area contributed by atoms with Gasteiger partial charge in [-0.2, -0.15) is 5.10 Å². The summed E-state index contributed by atoms with van der Waals surface area (Å²) in [6.45, 7) is 0.889. The predicted octanol–water partition coefficient (Wildman–Crippen LogP) is 2.99. The molecule has 0 aliphatic rings. The number of halogens is 1. The van der Waals surface area contributed by atoms with Gasteiger partial charge < -0.3 is 5.32 Å². The Morgan fingerprint density at radius 2 is 1.84 bits per heavy atom. The molecule has 0 bridgehead atoms. The van der Waals surface area contributed by atoms with Crippen LogP contribution in [0.15, 0.2) is 54.6 Å². The van der Waals surface area contributed by atoms with E-state index in [4.69, 9.17) is 12.2 Å². The van der Waals surface area contributed by atoms with Gasteiger partial charge in [0.05, 0.1) is 13.0 Å². The molecule has 7 heteroatoms. The summed E-state index contributed by atoms with van der Waals surface area (Å²) in [5, 5.41) is 9.70. The number of carbonyl (C=O) groups is 1. The van der Waals surface area contributed by atoms with Crippen molar-refractivity contribution < 1.29 is 9.18 Å². The van der Waals surface area contributed by atoms with Crippen LogP contribution in [0.2, 0.25) is 0 Å². The molecule has 3 rings (SSSR count). The van der Waals surface area contributed by atoms with Crippen LogP contribution < -0.4 is 5.32 Å². The number of nitrogens with one attached hydrogen (secondary N) is 2. The summed E-state index contributed by atoms with van der Waals surface area (Å²) in [6, 6.07) is 15.9. The fraction of sp³-hybridized carbons (Fsp3) is 0.167. The van der Waals surface area contributed by atoms with Gasteiger partial charge in [-0.1, -0.05) is 42.5 Å². The van der Waals surface area contributed by atoms with Gasteiger partial charge in [-0.3, -0.25) is 14.5 Å². The van der Waals surface area contributed by atoms with Crippen molar-refractivity contribution in [1.29, 1.82) is 0 Å². The smallest absolute Gasteiger partial charge is 0.227 e. The van der Waals surface area contributed by atoms with E-state index in [2.05, 4.69) is 15.5 Å². The predicted molar refractivity (Wildman–Crippen MR) is 94.9 cm³/mol. The van der Waals surface area contributed by atoms with E-state index < -0.39 is 0 Å². The average Bonchev–Trinajstić information content (AvgIpc) is 2.95. The third kappa shape index (κ3) is 4.60. The first kappa shape index (κ1) is 17.0. The first-order valence-corrected chi connectivity index (χ1v) is 8.22. The number of carbonyl (C=O) groups excluding carboxylic acids is 1. The molecule has 0 aliphatic carbocycles. The van der Waals surface area contributed by atoms with Crippen LogP contribution in [-0.2, 0) is 24.3 Å². The van der Waals surface area contributed by atoms with Gasteiger partial charge in [-0.25, -0.2) is 4.39 Å². The lowest BCUT2D eigenvalue weighted by Crippen LogP contribution is -2.26.